The van der Waals surface area contributed by atoms with Crippen LogP contribution < -0.4 is 4.74 Å². The predicted octanol–water partition coefficient (Wildman–Crippen LogP) is 8.63. The summed E-state index contributed by atoms with van der Waals surface area (Å²) in [6.45, 7) is 10.7. The van der Waals surface area contributed by atoms with Crippen LogP contribution in [0.4, 0.5) is 0 Å². The predicted molar refractivity (Wildman–Crippen MR) is 169 cm³/mol. The summed E-state index contributed by atoms with van der Waals surface area (Å²) >= 11 is 0. The molecule has 0 bridgehead atoms. The molecule has 0 aromatic heterocycles. The Hall–Kier alpha value is -1.89. The number of aryl methyl sites for hydroxylation is 2. The van der Waals surface area contributed by atoms with E-state index in [0.29, 0.717) is 29.8 Å². The molecule has 2 aromatic rings. The van der Waals surface area contributed by atoms with Crippen LogP contribution in [0.1, 0.15) is 108 Å². The first-order chi connectivity index (χ1) is 20.3. The van der Waals surface area contributed by atoms with Crippen molar-refractivity contribution < 1.29 is 22.1 Å². The minimum absolute atomic E-state index is 0.176. The third-order valence-corrected chi connectivity index (χ3v) is 11.9. The Morgan fingerprint density at radius 1 is 0.905 bits per heavy atom. The van der Waals surface area contributed by atoms with Crippen molar-refractivity contribution in [1.82, 2.24) is 0 Å². The molecule has 6 heteroatoms. The summed E-state index contributed by atoms with van der Waals surface area (Å²) in [6, 6.07) is 13.7. The normalized spacial score (nSPS) is 28.6. The van der Waals surface area contributed by atoms with Gasteiger partial charge in [0.05, 0.1) is 24.2 Å². The number of fused-ring (bicyclic) bond motifs is 5. The molecule has 3 aliphatic carbocycles. The molecule has 0 aliphatic heterocycles. The number of hydrogen-bond donors (Lipinski definition) is 0. The highest BCUT2D eigenvalue weighted by molar-refractivity contribution is 7.86. The first kappa shape index (κ1) is 31.5. The topological polar surface area (TPSA) is 61.8 Å². The average molecular weight is 597 g/mol. The molecule has 232 valence electrons. The summed E-state index contributed by atoms with van der Waals surface area (Å²) in [4.78, 5) is 0.234. The smallest absolute Gasteiger partial charge is 0.296 e. The van der Waals surface area contributed by atoms with Gasteiger partial charge in [-0.15, -0.1) is 0 Å². The van der Waals surface area contributed by atoms with E-state index in [4.69, 9.17) is 13.7 Å². The van der Waals surface area contributed by atoms with Crippen molar-refractivity contribution in [3.8, 4) is 5.75 Å². The minimum Gasteiger partial charge on any atom is -0.494 e. The summed E-state index contributed by atoms with van der Waals surface area (Å²) < 4.78 is 43.9. The lowest BCUT2D eigenvalue weighted by Gasteiger charge is -2.54. The highest BCUT2D eigenvalue weighted by atomic mass is 32.2. The molecule has 0 spiro atoms. The number of unbranched alkanes of at least 4 members (excludes halogenated alkanes) is 2. The van der Waals surface area contributed by atoms with Gasteiger partial charge in [-0.3, -0.25) is 4.18 Å². The van der Waals surface area contributed by atoms with Crippen LogP contribution in [-0.4, -0.2) is 34.3 Å². The van der Waals surface area contributed by atoms with Crippen LogP contribution in [0, 0.1) is 30.1 Å². The van der Waals surface area contributed by atoms with E-state index in [-0.39, 0.29) is 16.9 Å². The van der Waals surface area contributed by atoms with Gasteiger partial charge in [-0.2, -0.15) is 8.42 Å². The van der Waals surface area contributed by atoms with Gasteiger partial charge in [-0.05, 0) is 129 Å². The van der Waals surface area contributed by atoms with Crippen LogP contribution in [0.3, 0.4) is 0 Å². The summed E-state index contributed by atoms with van der Waals surface area (Å²) in [7, 11) is -3.75. The Kier molecular flexibility index (Phi) is 10.4. The van der Waals surface area contributed by atoms with Crippen molar-refractivity contribution in [2.75, 3.05) is 19.8 Å². The van der Waals surface area contributed by atoms with E-state index in [1.165, 1.54) is 24.0 Å². The molecule has 0 heterocycles. The second-order valence-corrected chi connectivity index (χ2v) is 15.0. The second kappa shape index (κ2) is 13.8. The van der Waals surface area contributed by atoms with Gasteiger partial charge in [-0.25, -0.2) is 0 Å². The van der Waals surface area contributed by atoms with Gasteiger partial charge in [0.2, 0.25) is 0 Å². The highest BCUT2D eigenvalue weighted by Crippen LogP contribution is 2.64. The lowest BCUT2D eigenvalue weighted by molar-refractivity contribution is -0.0827. The molecule has 0 saturated heterocycles. The van der Waals surface area contributed by atoms with Gasteiger partial charge in [-0.1, -0.05) is 57.4 Å². The fraction of sp³-hybridized carbons (Fsp3) is 0.667. The monoisotopic (exact) mass is 596 g/mol. The maximum Gasteiger partial charge on any atom is 0.296 e. The van der Waals surface area contributed by atoms with Gasteiger partial charge >= 0.3 is 0 Å². The van der Waals surface area contributed by atoms with E-state index < -0.39 is 10.1 Å². The number of benzene rings is 2. The fourth-order valence-corrected chi connectivity index (χ4v) is 9.40. The van der Waals surface area contributed by atoms with E-state index in [0.717, 1.165) is 82.3 Å². The summed E-state index contributed by atoms with van der Waals surface area (Å²) in [5.74, 6) is 3.29. The zero-order valence-electron chi connectivity index (χ0n) is 26.3. The Balaban J connectivity index is 1.34. The molecular weight excluding hydrogens is 544 g/mol. The molecule has 0 amide bonds. The Morgan fingerprint density at radius 3 is 2.43 bits per heavy atom. The minimum atomic E-state index is -3.75. The second-order valence-electron chi connectivity index (χ2n) is 13.4. The van der Waals surface area contributed by atoms with E-state index in [1.54, 1.807) is 12.1 Å². The number of rotatable bonds is 14. The van der Waals surface area contributed by atoms with Gasteiger partial charge in [0, 0.05) is 6.61 Å². The van der Waals surface area contributed by atoms with Crippen LogP contribution in [0.25, 0.3) is 0 Å². The van der Waals surface area contributed by atoms with Gasteiger partial charge in [0.1, 0.15) is 5.75 Å². The molecule has 2 fully saturated rings. The molecule has 5 unspecified atom stereocenters. The molecule has 2 saturated carbocycles. The quantitative estimate of drug-likeness (QED) is 0.161. The Bertz CT molecular complexity index is 1270. The van der Waals surface area contributed by atoms with Crippen LogP contribution in [0.5, 0.6) is 5.75 Å². The van der Waals surface area contributed by atoms with Crippen molar-refractivity contribution in [2.24, 2.45) is 23.2 Å². The standard InChI is InChI=1S/C36H52O5S/c1-5-7-21-39-29-14-18-31-27(24-29)13-17-32-33-19-20-34(40-22-8-6-2)36(33,4)25-28(35(31)32)10-9-23-41-42(37,38)30-15-11-26(3)12-16-30/h11-12,14-16,18,24,28,32-35H,5-10,13,17,19-23,25H2,1-4H3/t28-,32?,33?,34?,35?,36?/m0/s1. The summed E-state index contributed by atoms with van der Waals surface area (Å²) in [6.07, 6.45) is 12.4. The zero-order chi connectivity index (χ0) is 29.7. The fourth-order valence-electron chi connectivity index (χ4n) is 8.45. The molecule has 42 heavy (non-hydrogen) atoms. The van der Waals surface area contributed by atoms with E-state index in [9.17, 15) is 8.42 Å². The third-order valence-electron chi connectivity index (χ3n) is 10.6. The first-order valence-electron chi connectivity index (χ1n) is 16.6. The molecule has 2 aromatic carbocycles. The zero-order valence-corrected chi connectivity index (χ0v) is 27.1. The van der Waals surface area contributed by atoms with Crippen molar-refractivity contribution in [3.63, 3.8) is 0 Å². The molecule has 3 aliphatic rings. The van der Waals surface area contributed by atoms with Crippen LogP contribution in [-0.2, 0) is 25.5 Å². The van der Waals surface area contributed by atoms with Crippen molar-refractivity contribution in [1.29, 1.82) is 0 Å². The van der Waals surface area contributed by atoms with Crippen molar-refractivity contribution in [2.45, 2.75) is 115 Å². The largest absolute Gasteiger partial charge is 0.494 e. The van der Waals surface area contributed by atoms with E-state index >= 15 is 0 Å². The average Bonchev–Trinajstić information content (AvgIpc) is 3.31. The van der Waals surface area contributed by atoms with E-state index in [1.807, 2.05) is 19.1 Å². The molecule has 5 rings (SSSR count). The maximum absolute atomic E-state index is 12.8. The van der Waals surface area contributed by atoms with Gasteiger partial charge in [0.15, 0.2) is 0 Å². The van der Waals surface area contributed by atoms with Gasteiger partial charge in [0.25, 0.3) is 10.1 Å². The third kappa shape index (κ3) is 6.76. The van der Waals surface area contributed by atoms with Crippen LogP contribution in [0.15, 0.2) is 47.4 Å². The van der Waals surface area contributed by atoms with Crippen LogP contribution in [0.2, 0.25) is 0 Å². The maximum atomic E-state index is 12.8. The Labute approximate surface area is 254 Å². The van der Waals surface area contributed by atoms with Crippen molar-refractivity contribution in [3.05, 3.63) is 59.2 Å². The lowest BCUT2D eigenvalue weighted by Crippen LogP contribution is -2.48. The molecule has 0 radical (unpaired) electrons. The molecular formula is C36H52O5S. The molecule has 0 N–H and O–H groups in total. The van der Waals surface area contributed by atoms with Gasteiger partial charge < -0.3 is 9.47 Å². The summed E-state index contributed by atoms with van der Waals surface area (Å²) in [5, 5.41) is 0. The number of ether oxygens (including phenoxy) is 2. The van der Waals surface area contributed by atoms with Crippen molar-refractivity contribution >= 4 is 10.1 Å². The highest BCUT2D eigenvalue weighted by Gasteiger charge is 2.58. The lowest BCUT2D eigenvalue weighted by atomic mass is 9.51. The first-order valence-corrected chi connectivity index (χ1v) is 18.0. The van der Waals surface area contributed by atoms with E-state index in [2.05, 4.69) is 39.0 Å². The summed E-state index contributed by atoms with van der Waals surface area (Å²) in [5.41, 5.74) is 4.16. The van der Waals surface area contributed by atoms with Crippen LogP contribution >= 0.6 is 0 Å². The molecule has 5 nitrogen and oxygen atoms in total. The SMILES string of the molecule is CCCCOc1ccc2c(c1)CCC1C2[C@@H](CCCOS(=O)(=O)c2ccc(C)cc2)CC2(C)C(OCCCC)CCC12. The number of hydrogen-bond acceptors (Lipinski definition) is 5. The Morgan fingerprint density at radius 2 is 1.67 bits per heavy atom. The molecule has 6 atom stereocenters.